The van der Waals surface area contributed by atoms with E-state index in [1.54, 1.807) is 11.8 Å². The molecule has 100 valence electrons. The molecule has 2 rings (SSSR count). The molecule has 1 heterocycles. The minimum absolute atomic E-state index is 0.686. The number of rotatable bonds is 7. The third-order valence-electron chi connectivity index (χ3n) is 3.06. The zero-order chi connectivity index (χ0) is 12.6. The molecule has 18 heavy (non-hydrogen) atoms. The SMILES string of the molecule is CSc1ccc(OCCNCC2CCOC2)cc1. The normalized spacial score (nSPS) is 19.1. The maximum absolute atomic E-state index is 5.67. The molecular formula is C14H21NO2S. The van der Waals surface area contributed by atoms with Gasteiger partial charge in [-0.2, -0.15) is 0 Å². The second-order valence-electron chi connectivity index (χ2n) is 4.46. The second kappa shape index (κ2) is 7.67. The summed E-state index contributed by atoms with van der Waals surface area (Å²) in [7, 11) is 0. The number of thioether (sulfide) groups is 1. The van der Waals surface area contributed by atoms with Gasteiger partial charge in [0.1, 0.15) is 12.4 Å². The quantitative estimate of drug-likeness (QED) is 0.607. The molecule has 1 N–H and O–H groups in total. The molecule has 1 aliphatic heterocycles. The number of hydrogen-bond acceptors (Lipinski definition) is 4. The Kier molecular flexibility index (Phi) is 5.84. The van der Waals surface area contributed by atoms with E-state index < -0.39 is 0 Å². The smallest absolute Gasteiger partial charge is 0.119 e. The van der Waals surface area contributed by atoms with Gasteiger partial charge in [0.2, 0.25) is 0 Å². The van der Waals surface area contributed by atoms with Gasteiger partial charge in [0.05, 0.1) is 6.61 Å². The van der Waals surface area contributed by atoms with Crippen molar-refractivity contribution in [3.8, 4) is 5.75 Å². The molecule has 1 aromatic rings. The fourth-order valence-electron chi connectivity index (χ4n) is 1.96. The van der Waals surface area contributed by atoms with Gasteiger partial charge < -0.3 is 14.8 Å². The van der Waals surface area contributed by atoms with Crippen LogP contribution >= 0.6 is 11.8 Å². The lowest BCUT2D eigenvalue weighted by molar-refractivity contribution is 0.185. The molecule has 3 nitrogen and oxygen atoms in total. The number of ether oxygens (including phenoxy) is 2. The fraction of sp³-hybridized carbons (Fsp3) is 0.571. The van der Waals surface area contributed by atoms with Crippen LogP contribution in [0.2, 0.25) is 0 Å². The molecule has 0 radical (unpaired) electrons. The van der Waals surface area contributed by atoms with Gasteiger partial charge in [-0.1, -0.05) is 0 Å². The van der Waals surface area contributed by atoms with E-state index in [2.05, 4.69) is 23.7 Å². The summed E-state index contributed by atoms with van der Waals surface area (Å²) in [6, 6.07) is 8.22. The van der Waals surface area contributed by atoms with Crippen LogP contribution in [0.1, 0.15) is 6.42 Å². The summed E-state index contributed by atoms with van der Waals surface area (Å²) in [4.78, 5) is 1.27. The standard InChI is InChI=1S/C14H21NO2S/c1-18-14-4-2-13(3-5-14)17-9-7-15-10-12-6-8-16-11-12/h2-5,12,15H,6-11H2,1H3. The van der Waals surface area contributed by atoms with E-state index in [-0.39, 0.29) is 0 Å². The summed E-state index contributed by atoms with van der Waals surface area (Å²) in [5.74, 6) is 1.63. The first-order valence-corrected chi connectivity index (χ1v) is 7.66. The van der Waals surface area contributed by atoms with Crippen LogP contribution in [0.15, 0.2) is 29.2 Å². The number of nitrogens with one attached hydrogen (secondary N) is 1. The molecular weight excluding hydrogens is 246 g/mol. The third kappa shape index (κ3) is 4.52. The Morgan fingerprint density at radius 1 is 1.39 bits per heavy atom. The zero-order valence-corrected chi connectivity index (χ0v) is 11.7. The van der Waals surface area contributed by atoms with Crippen LogP contribution in [0.3, 0.4) is 0 Å². The molecule has 0 aliphatic carbocycles. The van der Waals surface area contributed by atoms with E-state index in [1.807, 2.05) is 12.1 Å². The van der Waals surface area contributed by atoms with Gasteiger partial charge in [-0.25, -0.2) is 0 Å². The van der Waals surface area contributed by atoms with Crippen LogP contribution in [0.5, 0.6) is 5.75 Å². The van der Waals surface area contributed by atoms with E-state index in [0.717, 1.165) is 32.1 Å². The van der Waals surface area contributed by atoms with Gasteiger partial charge in [-0.3, -0.25) is 0 Å². The van der Waals surface area contributed by atoms with E-state index in [1.165, 1.54) is 11.3 Å². The van der Waals surface area contributed by atoms with Crippen LogP contribution in [0.4, 0.5) is 0 Å². The van der Waals surface area contributed by atoms with Crippen molar-refractivity contribution in [2.45, 2.75) is 11.3 Å². The van der Waals surface area contributed by atoms with Crippen molar-refractivity contribution >= 4 is 11.8 Å². The highest BCUT2D eigenvalue weighted by molar-refractivity contribution is 7.98. The summed E-state index contributed by atoms with van der Waals surface area (Å²) in [6.45, 7) is 4.47. The lowest BCUT2D eigenvalue weighted by Crippen LogP contribution is -2.27. The lowest BCUT2D eigenvalue weighted by Gasteiger charge is -2.10. The molecule has 4 heteroatoms. The topological polar surface area (TPSA) is 30.5 Å². The van der Waals surface area contributed by atoms with E-state index in [0.29, 0.717) is 12.5 Å². The summed E-state index contributed by atoms with van der Waals surface area (Å²) in [5, 5.41) is 3.41. The molecule has 0 aromatic heterocycles. The molecule has 1 saturated heterocycles. The van der Waals surface area contributed by atoms with Gasteiger partial charge in [0, 0.05) is 24.6 Å². The first-order valence-electron chi connectivity index (χ1n) is 6.44. The molecule has 1 unspecified atom stereocenters. The van der Waals surface area contributed by atoms with E-state index in [4.69, 9.17) is 9.47 Å². The summed E-state index contributed by atoms with van der Waals surface area (Å²) in [5.41, 5.74) is 0. The number of hydrogen-bond donors (Lipinski definition) is 1. The summed E-state index contributed by atoms with van der Waals surface area (Å²) >= 11 is 1.74. The highest BCUT2D eigenvalue weighted by Gasteiger charge is 2.14. The maximum atomic E-state index is 5.67. The Bertz CT molecular complexity index is 336. The predicted octanol–water partition coefficient (Wildman–Crippen LogP) is 2.41. The Balaban J connectivity index is 1.56. The van der Waals surface area contributed by atoms with Crippen LogP contribution in [0, 0.1) is 5.92 Å². The van der Waals surface area contributed by atoms with Gasteiger partial charge >= 0.3 is 0 Å². The number of benzene rings is 1. The van der Waals surface area contributed by atoms with Crippen LogP contribution in [-0.2, 0) is 4.74 Å². The molecule has 1 aliphatic rings. The molecule has 1 atom stereocenters. The monoisotopic (exact) mass is 267 g/mol. The van der Waals surface area contributed by atoms with Gasteiger partial charge in [-0.15, -0.1) is 11.8 Å². The Morgan fingerprint density at radius 2 is 2.22 bits per heavy atom. The molecule has 1 aromatic carbocycles. The maximum Gasteiger partial charge on any atom is 0.119 e. The summed E-state index contributed by atoms with van der Waals surface area (Å²) < 4.78 is 11.0. The highest BCUT2D eigenvalue weighted by Crippen LogP contribution is 2.18. The minimum Gasteiger partial charge on any atom is -0.492 e. The van der Waals surface area contributed by atoms with Crippen molar-refractivity contribution in [3.63, 3.8) is 0 Å². The minimum atomic E-state index is 0.686. The molecule has 1 fully saturated rings. The van der Waals surface area contributed by atoms with E-state index in [9.17, 15) is 0 Å². The second-order valence-corrected chi connectivity index (χ2v) is 5.34. The van der Waals surface area contributed by atoms with Gasteiger partial charge in [-0.05, 0) is 42.9 Å². The van der Waals surface area contributed by atoms with Crippen molar-refractivity contribution in [2.75, 3.05) is 39.2 Å². The Labute approximate surface area is 113 Å². The van der Waals surface area contributed by atoms with Crippen molar-refractivity contribution in [3.05, 3.63) is 24.3 Å². The van der Waals surface area contributed by atoms with Crippen LogP contribution < -0.4 is 10.1 Å². The fourth-order valence-corrected chi connectivity index (χ4v) is 2.37. The Hall–Kier alpha value is -0.710. The van der Waals surface area contributed by atoms with Crippen molar-refractivity contribution in [2.24, 2.45) is 5.92 Å². The average Bonchev–Trinajstić information content (AvgIpc) is 2.92. The molecule has 0 spiro atoms. The van der Waals surface area contributed by atoms with E-state index >= 15 is 0 Å². The van der Waals surface area contributed by atoms with Crippen LogP contribution in [0.25, 0.3) is 0 Å². The first kappa shape index (κ1) is 13.7. The largest absolute Gasteiger partial charge is 0.492 e. The zero-order valence-electron chi connectivity index (χ0n) is 10.9. The van der Waals surface area contributed by atoms with Crippen LogP contribution in [-0.4, -0.2) is 39.2 Å². The highest BCUT2D eigenvalue weighted by atomic mass is 32.2. The summed E-state index contributed by atoms with van der Waals surface area (Å²) in [6.07, 6.45) is 3.26. The predicted molar refractivity (Wildman–Crippen MR) is 75.5 cm³/mol. The molecule has 0 bridgehead atoms. The lowest BCUT2D eigenvalue weighted by atomic mass is 10.1. The average molecular weight is 267 g/mol. The molecule has 0 saturated carbocycles. The Morgan fingerprint density at radius 3 is 2.89 bits per heavy atom. The molecule has 0 amide bonds. The van der Waals surface area contributed by atoms with Crippen molar-refractivity contribution < 1.29 is 9.47 Å². The van der Waals surface area contributed by atoms with Gasteiger partial charge in [0.25, 0.3) is 0 Å². The first-order chi connectivity index (χ1) is 8.88. The van der Waals surface area contributed by atoms with Crippen molar-refractivity contribution in [1.82, 2.24) is 5.32 Å². The van der Waals surface area contributed by atoms with Gasteiger partial charge in [0.15, 0.2) is 0 Å². The third-order valence-corrected chi connectivity index (χ3v) is 3.81. The van der Waals surface area contributed by atoms with Crippen molar-refractivity contribution in [1.29, 1.82) is 0 Å².